The van der Waals surface area contributed by atoms with Gasteiger partial charge in [0, 0.05) is 19.2 Å². The van der Waals surface area contributed by atoms with E-state index in [1.165, 1.54) is 16.8 Å². The standard InChI is InChI=1S/C20H22ClF2N5O2/c1-20(2,29)12-6-8-27(9-7-12)16-15-11-24-28(17(15)26-18(21)25-16)13-4-3-5-14(10-13)30-19(22)23/h3-5,10-12,19,29H,6-9H2,1-2H3. The number of piperidine rings is 1. The predicted octanol–water partition coefficient (Wildman–Crippen LogP) is 4.06. The lowest BCUT2D eigenvalue weighted by atomic mass is 9.83. The molecule has 10 heteroatoms. The van der Waals surface area contributed by atoms with E-state index < -0.39 is 12.2 Å². The second-order valence-corrected chi connectivity index (χ2v) is 8.24. The molecule has 3 heterocycles. The van der Waals surface area contributed by atoms with E-state index in [0.29, 0.717) is 22.5 Å². The number of hydrogen-bond donors (Lipinski definition) is 1. The fraction of sp³-hybridized carbons (Fsp3) is 0.450. The van der Waals surface area contributed by atoms with Crippen molar-refractivity contribution in [2.24, 2.45) is 5.92 Å². The van der Waals surface area contributed by atoms with Gasteiger partial charge in [0.05, 0.1) is 22.9 Å². The van der Waals surface area contributed by atoms with Crippen LogP contribution < -0.4 is 9.64 Å². The predicted molar refractivity (Wildman–Crippen MR) is 110 cm³/mol. The number of anilines is 1. The van der Waals surface area contributed by atoms with Crippen LogP contribution in [0.15, 0.2) is 30.5 Å². The number of alkyl halides is 2. The van der Waals surface area contributed by atoms with E-state index in [1.54, 1.807) is 18.3 Å². The van der Waals surface area contributed by atoms with Gasteiger partial charge in [-0.05, 0) is 56.3 Å². The summed E-state index contributed by atoms with van der Waals surface area (Å²) in [5.74, 6) is 0.910. The van der Waals surface area contributed by atoms with E-state index in [4.69, 9.17) is 11.6 Å². The zero-order valence-corrected chi connectivity index (χ0v) is 17.4. The molecule has 1 aliphatic heterocycles. The third-order valence-electron chi connectivity index (χ3n) is 5.46. The highest BCUT2D eigenvalue weighted by atomic mass is 35.5. The van der Waals surface area contributed by atoms with E-state index >= 15 is 0 Å². The van der Waals surface area contributed by atoms with Crippen LogP contribution in [0.3, 0.4) is 0 Å². The van der Waals surface area contributed by atoms with Crippen molar-refractivity contribution < 1.29 is 18.6 Å². The molecule has 1 aromatic carbocycles. The molecule has 0 spiro atoms. The van der Waals surface area contributed by atoms with Gasteiger partial charge in [-0.1, -0.05) is 6.07 Å². The van der Waals surface area contributed by atoms with Crippen molar-refractivity contribution in [3.8, 4) is 11.4 Å². The molecule has 1 fully saturated rings. The van der Waals surface area contributed by atoms with Crippen molar-refractivity contribution in [3.05, 3.63) is 35.7 Å². The van der Waals surface area contributed by atoms with Crippen molar-refractivity contribution in [1.82, 2.24) is 19.7 Å². The SMILES string of the molecule is CC(C)(O)C1CCN(c2nc(Cl)nc3c2cnn3-c2cccc(OC(F)F)c2)CC1. The van der Waals surface area contributed by atoms with Crippen molar-refractivity contribution >= 4 is 28.5 Å². The van der Waals surface area contributed by atoms with Crippen molar-refractivity contribution in [3.63, 3.8) is 0 Å². The number of fused-ring (bicyclic) bond motifs is 1. The molecule has 0 unspecified atom stereocenters. The molecule has 0 amide bonds. The Balaban J connectivity index is 1.68. The monoisotopic (exact) mass is 437 g/mol. The van der Waals surface area contributed by atoms with E-state index in [2.05, 4.69) is 24.7 Å². The van der Waals surface area contributed by atoms with Crippen LogP contribution >= 0.6 is 11.6 Å². The minimum Gasteiger partial charge on any atom is -0.435 e. The highest BCUT2D eigenvalue weighted by Gasteiger charge is 2.31. The first-order chi connectivity index (χ1) is 14.2. The van der Waals surface area contributed by atoms with Crippen molar-refractivity contribution in [1.29, 1.82) is 0 Å². The van der Waals surface area contributed by atoms with Crippen molar-refractivity contribution in [2.45, 2.75) is 38.9 Å². The van der Waals surface area contributed by atoms with Crippen molar-refractivity contribution in [2.75, 3.05) is 18.0 Å². The van der Waals surface area contributed by atoms with E-state index in [0.717, 1.165) is 25.9 Å². The van der Waals surface area contributed by atoms with Crippen LogP contribution in [0.1, 0.15) is 26.7 Å². The second-order valence-electron chi connectivity index (χ2n) is 7.90. The molecule has 3 aromatic rings. The molecule has 0 bridgehead atoms. The van der Waals surface area contributed by atoms with Crippen LogP contribution in [-0.4, -0.2) is 50.2 Å². The van der Waals surface area contributed by atoms with Gasteiger partial charge in [-0.2, -0.15) is 23.8 Å². The Labute approximate surface area is 177 Å². The van der Waals surface area contributed by atoms with Gasteiger partial charge in [-0.15, -0.1) is 0 Å². The number of aliphatic hydroxyl groups is 1. The normalized spacial score (nSPS) is 15.9. The maximum atomic E-state index is 12.6. The number of halogens is 3. The average Bonchev–Trinajstić information content (AvgIpc) is 3.10. The highest BCUT2D eigenvalue weighted by molar-refractivity contribution is 6.28. The summed E-state index contributed by atoms with van der Waals surface area (Å²) in [5.41, 5.74) is 0.273. The van der Waals surface area contributed by atoms with Gasteiger partial charge in [0.25, 0.3) is 0 Å². The summed E-state index contributed by atoms with van der Waals surface area (Å²) in [6, 6.07) is 6.23. The Hall–Kier alpha value is -2.52. The smallest absolute Gasteiger partial charge is 0.387 e. The highest BCUT2D eigenvalue weighted by Crippen LogP contribution is 2.33. The summed E-state index contributed by atoms with van der Waals surface area (Å²) >= 11 is 6.21. The Kier molecular flexibility index (Phi) is 5.50. The summed E-state index contributed by atoms with van der Waals surface area (Å²) in [4.78, 5) is 10.8. The minimum absolute atomic E-state index is 0.0280. The third-order valence-corrected chi connectivity index (χ3v) is 5.63. The van der Waals surface area contributed by atoms with Gasteiger partial charge in [-0.25, -0.2) is 4.68 Å². The van der Waals surface area contributed by atoms with Crippen LogP contribution in [0.5, 0.6) is 5.75 Å². The third kappa shape index (κ3) is 4.17. The first-order valence-corrected chi connectivity index (χ1v) is 10.0. The lowest BCUT2D eigenvalue weighted by Crippen LogP contribution is -2.42. The maximum absolute atomic E-state index is 12.6. The Bertz CT molecular complexity index is 1050. The Morgan fingerprint density at radius 1 is 1.23 bits per heavy atom. The van der Waals surface area contributed by atoms with E-state index in [9.17, 15) is 13.9 Å². The number of nitrogens with zero attached hydrogens (tertiary/aromatic N) is 5. The lowest BCUT2D eigenvalue weighted by Gasteiger charge is -2.38. The Morgan fingerprint density at radius 3 is 2.63 bits per heavy atom. The topological polar surface area (TPSA) is 76.3 Å². The van der Waals surface area contributed by atoms with Crippen LogP contribution in [0.25, 0.3) is 16.7 Å². The number of aromatic nitrogens is 4. The van der Waals surface area contributed by atoms with Crippen LogP contribution in [0.2, 0.25) is 5.28 Å². The summed E-state index contributed by atoms with van der Waals surface area (Å²) in [6.45, 7) is 2.20. The zero-order valence-electron chi connectivity index (χ0n) is 16.6. The van der Waals surface area contributed by atoms with Gasteiger partial charge in [-0.3, -0.25) is 0 Å². The lowest BCUT2D eigenvalue weighted by molar-refractivity contribution is -0.0498. The fourth-order valence-corrected chi connectivity index (χ4v) is 4.05. The molecular weight excluding hydrogens is 416 g/mol. The molecule has 1 saturated heterocycles. The first kappa shape index (κ1) is 20.7. The first-order valence-electron chi connectivity index (χ1n) is 9.66. The minimum atomic E-state index is -2.91. The second kappa shape index (κ2) is 7.96. The summed E-state index contributed by atoms with van der Waals surface area (Å²) < 4.78 is 31.1. The Morgan fingerprint density at radius 2 is 1.97 bits per heavy atom. The van der Waals surface area contributed by atoms with Gasteiger partial charge in [0.1, 0.15) is 11.6 Å². The van der Waals surface area contributed by atoms with Crippen LogP contribution in [0, 0.1) is 5.92 Å². The van der Waals surface area contributed by atoms with Gasteiger partial charge >= 0.3 is 6.61 Å². The van der Waals surface area contributed by atoms with E-state index in [-0.39, 0.29) is 17.0 Å². The maximum Gasteiger partial charge on any atom is 0.387 e. The molecule has 0 atom stereocenters. The number of hydrogen-bond acceptors (Lipinski definition) is 6. The number of ether oxygens (including phenoxy) is 1. The van der Waals surface area contributed by atoms with Crippen LogP contribution in [0.4, 0.5) is 14.6 Å². The molecule has 0 aliphatic carbocycles. The molecule has 1 aliphatic rings. The largest absolute Gasteiger partial charge is 0.435 e. The zero-order chi connectivity index (χ0) is 21.5. The number of rotatable bonds is 5. The summed E-state index contributed by atoms with van der Waals surface area (Å²) in [7, 11) is 0. The average molecular weight is 438 g/mol. The molecule has 160 valence electrons. The van der Waals surface area contributed by atoms with E-state index in [1.807, 2.05) is 13.8 Å². The van der Waals surface area contributed by atoms with Gasteiger partial charge in [0.15, 0.2) is 5.65 Å². The summed E-state index contributed by atoms with van der Waals surface area (Å²) in [5, 5.41) is 15.5. The van der Waals surface area contributed by atoms with Gasteiger partial charge in [0.2, 0.25) is 5.28 Å². The molecule has 0 saturated carbocycles. The fourth-order valence-electron chi connectivity index (χ4n) is 3.89. The molecule has 30 heavy (non-hydrogen) atoms. The molecule has 2 aromatic heterocycles. The molecule has 0 radical (unpaired) electrons. The summed E-state index contributed by atoms with van der Waals surface area (Å²) in [6.07, 6.45) is 3.30. The molecule has 4 rings (SSSR count). The number of benzene rings is 1. The van der Waals surface area contributed by atoms with Crippen LogP contribution in [-0.2, 0) is 0 Å². The quantitative estimate of drug-likeness (QED) is 0.607. The molecule has 1 N–H and O–H groups in total. The molecular formula is C20H22ClF2N5O2. The van der Waals surface area contributed by atoms with Gasteiger partial charge < -0.3 is 14.7 Å². The molecule has 7 nitrogen and oxygen atoms in total.